The highest BCUT2D eigenvalue weighted by Crippen LogP contribution is 2.27. The van der Waals surface area contributed by atoms with Gasteiger partial charge in [0.2, 0.25) is 0 Å². The molecule has 8 heteroatoms. The van der Waals surface area contributed by atoms with Gasteiger partial charge in [-0.2, -0.15) is 0 Å². The summed E-state index contributed by atoms with van der Waals surface area (Å²) in [5.41, 5.74) is 2.67. The molecule has 0 bridgehead atoms. The van der Waals surface area contributed by atoms with Crippen LogP contribution in [0.15, 0.2) is 54.6 Å². The minimum atomic E-state index is 0.453. The fourth-order valence-electron chi connectivity index (χ4n) is 3.74. The summed E-state index contributed by atoms with van der Waals surface area (Å²) in [4.78, 5) is 10.8. The summed E-state index contributed by atoms with van der Waals surface area (Å²) in [6, 6.07) is 16.7. The molecule has 0 saturated carbocycles. The van der Waals surface area contributed by atoms with E-state index in [1.807, 2.05) is 36.4 Å². The molecule has 0 heterocycles. The van der Waals surface area contributed by atoms with Gasteiger partial charge in [0.05, 0.1) is 37.5 Å². The SMILES string of the molecule is COc1ccc(CNCc2ccc(OCCCCCCOc3ccc(C=O)cc3Cl)c(Cl)c2)c(OC)c1. The fourth-order valence-corrected chi connectivity index (χ4v) is 4.24. The lowest BCUT2D eigenvalue weighted by Crippen LogP contribution is -2.13. The van der Waals surface area contributed by atoms with Crippen molar-refractivity contribution in [3.8, 4) is 23.0 Å². The number of ether oxygens (including phenoxy) is 4. The zero-order valence-corrected chi connectivity index (χ0v) is 22.7. The predicted molar refractivity (Wildman–Crippen MR) is 148 cm³/mol. The van der Waals surface area contributed by atoms with E-state index in [2.05, 4.69) is 5.32 Å². The Hall–Kier alpha value is -2.93. The lowest BCUT2D eigenvalue weighted by molar-refractivity contribution is 0.112. The maximum absolute atomic E-state index is 10.8. The van der Waals surface area contributed by atoms with Crippen LogP contribution in [0.5, 0.6) is 23.0 Å². The van der Waals surface area contributed by atoms with Gasteiger partial charge in [0.25, 0.3) is 0 Å². The second-order valence-electron chi connectivity index (χ2n) is 8.46. The summed E-state index contributed by atoms with van der Waals surface area (Å²) in [7, 11) is 3.29. The monoisotopic (exact) mass is 545 g/mol. The molecular formula is C29H33Cl2NO5. The highest BCUT2D eigenvalue weighted by atomic mass is 35.5. The first-order chi connectivity index (χ1) is 18.0. The second kappa shape index (κ2) is 15.4. The standard InChI is InChI=1S/C29H33Cl2NO5/c1-34-24-10-9-23(29(17-24)35-2)19-32-18-21-7-11-27(25(30)15-21)36-13-5-3-4-6-14-37-28-12-8-22(20-33)16-26(28)31/h7-12,15-17,20,32H,3-6,13-14,18-19H2,1-2H3. The minimum Gasteiger partial charge on any atom is -0.497 e. The first-order valence-corrected chi connectivity index (χ1v) is 13.0. The van der Waals surface area contributed by atoms with Crippen LogP contribution in [0, 0.1) is 0 Å². The predicted octanol–water partition coefficient (Wildman–Crippen LogP) is 7.13. The van der Waals surface area contributed by atoms with Gasteiger partial charge in [0.15, 0.2) is 0 Å². The molecule has 0 saturated heterocycles. The number of carbonyl (C=O) groups is 1. The number of unbranched alkanes of at least 4 members (excludes halogenated alkanes) is 3. The molecule has 0 fully saturated rings. The third kappa shape index (κ3) is 9.15. The van der Waals surface area contributed by atoms with Gasteiger partial charge >= 0.3 is 0 Å². The Morgan fingerprint density at radius 3 is 2.00 bits per heavy atom. The van der Waals surface area contributed by atoms with Crippen molar-refractivity contribution in [1.82, 2.24) is 5.32 Å². The number of halogens is 2. The number of hydrogen-bond acceptors (Lipinski definition) is 6. The molecule has 0 aromatic heterocycles. The Bertz CT molecular complexity index is 1160. The molecule has 0 aliphatic carbocycles. The van der Waals surface area contributed by atoms with E-state index in [1.54, 1.807) is 32.4 Å². The molecule has 198 valence electrons. The van der Waals surface area contributed by atoms with E-state index in [1.165, 1.54) is 0 Å². The van der Waals surface area contributed by atoms with Gasteiger partial charge in [0, 0.05) is 30.3 Å². The first-order valence-electron chi connectivity index (χ1n) is 12.2. The van der Waals surface area contributed by atoms with E-state index < -0.39 is 0 Å². The van der Waals surface area contributed by atoms with Crippen molar-refractivity contribution in [2.45, 2.75) is 38.8 Å². The number of methoxy groups -OCH3 is 2. The van der Waals surface area contributed by atoms with Gasteiger partial charge in [0.1, 0.15) is 29.3 Å². The first kappa shape index (κ1) is 28.6. The summed E-state index contributed by atoms with van der Waals surface area (Å²) in [6.07, 6.45) is 4.65. The highest BCUT2D eigenvalue weighted by molar-refractivity contribution is 6.32. The molecule has 1 N–H and O–H groups in total. The van der Waals surface area contributed by atoms with E-state index in [-0.39, 0.29) is 0 Å². The van der Waals surface area contributed by atoms with E-state index in [0.717, 1.165) is 54.6 Å². The van der Waals surface area contributed by atoms with Crippen LogP contribution in [-0.2, 0) is 13.1 Å². The van der Waals surface area contributed by atoms with Crippen molar-refractivity contribution >= 4 is 29.5 Å². The summed E-state index contributed by atoms with van der Waals surface area (Å²) in [5.74, 6) is 2.85. The van der Waals surface area contributed by atoms with Crippen molar-refractivity contribution in [2.24, 2.45) is 0 Å². The van der Waals surface area contributed by atoms with Crippen LogP contribution < -0.4 is 24.3 Å². The van der Waals surface area contributed by atoms with Gasteiger partial charge < -0.3 is 24.3 Å². The van der Waals surface area contributed by atoms with Crippen molar-refractivity contribution in [3.63, 3.8) is 0 Å². The number of hydrogen-bond donors (Lipinski definition) is 1. The van der Waals surface area contributed by atoms with Crippen molar-refractivity contribution < 1.29 is 23.7 Å². The average Bonchev–Trinajstić information content (AvgIpc) is 2.91. The topological polar surface area (TPSA) is 66.0 Å². The number of benzene rings is 3. The van der Waals surface area contributed by atoms with E-state index in [0.29, 0.717) is 53.4 Å². The number of carbonyl (C=O) groups excluding carboxylic acids is 1. The van der Waals surface area contributed by atoms with Gasteiger partial charge in [-0.3, -0.25) is 4.79 Å². The van der Waals surface area contributed by atoms with Crippen LogP contribution in [0.4, 0.5) is 0 Å². The summed E-state index contributed by atoms with van der Waals surface area (Å²) < 4.78 is 22.3. The lowest BCUT2D eigenvalue weighted by atomic mass is 10.1. The molecule has 0 spiro atoms. The minimum absolute atomic E-state index is 0.453. The van der Waals surface area contributed by atoms with E-state index in [4.69, 9.17) is 42.1 Å². The quantitative estimate of drug-likeness (QED) is 0.152. The molecule has 0 amide bonds. The Balaban J connectivity index is 1.31. The number of rotatable bonds is 16. The van der Waals surface area contributed by atoms with Crippen LogP contribution in [0.2, 0.25) is 10.0 Å². The number of aldehydes is 1. The van der Waals surface area contributed by atoms with Crippen molar-refractivity contribution in [3.05, 3.63) is 81.3 Å². The molecule has 0 unspecified atom stereocenters. The Labute approximate surface area is 228 Å². The van der Waals surface area contributed by atoms with Crippen LogP contribution in [0.25, 0.3) is 0 Å². The maximum Gasteiger partial charge on any atom is 0.150 e. The summed E-state index contributed by atoms with van der Waals surface area (Å²) in [6.45, 7) is 2.51. The van der Waals surface area contributed by atoms with Crippen LogP contribution in [0.1, 0.15) is 47.2 Å². The van der Waals surface area contributed by atoms with Crippen molar-refractivity contribution in [2.75, 3.05) is 27.4 Å². The van der Waals surface area contributed by atoms with E-state index in [9.17, 15) is 4.79 Å². The highest BCUT2D eigenvalue weighted by Gasteiger charge is 2.07. The molecule has 0 aliphatic rings. The smallest absolute Gasteiger partial charge is 0.150 e. The van der Waals surface area contributed by atoms with Gasteiger partial charge in [-0.1, -0.05) is 35.3 Å². The van der Waals surface area contributed by atoms with Crippen LogP contribution in [0.3, 0.4) is 0 Å². The van der Waals surface area contributed by atoms with Crippen molar-refractivity contribution in [1.29, 1.82) is 0 Å². The third-order valence-corrected chi connectivity index (χ3v) is 6.37. The van der Waals surface area contributed by atoms with Crippen LogP contribution >= 0.6 is 23.2 Å². The third-order valence-electron chi connectivity index (χ3n) is 5.78. The molecule has 3 rings (SSSR count). The van der Waals surface area contributed by atoms with Gasteiger partial charge in [-0.05, 0) is 67.6 Å². The Morgan fingerprint density at radius 1 is 0.730 bits per heavy atom. The number of nitrogens with one attached hydrogen (secondary N) is 1. The van der Waals surface area contributed by atoms with Gasteiger partial charge in [-0.15, -0.1) is 0 Å². The van der Waals surface area contributed by atoms with Crippen LogP contribution in [-0.4, -0.2) is 33.7 Å². The average molecular weight is 546 g/mol. The molecule has 3 aromatic carbocycles. The molecule has 0 radical (unpaired) electrons. The zero-order valence-electron chi connectivity index (χ0n) is 21.2. The normalized spacial score (nSPS) is 10.7. The Morgan fingerprint density at radius 2 is 1.41 bits per heavy atom. The largest absolute Gasteiger partial charge is 0.497 e. The Kier molecular flexibility index (Phi) is 11.9. The summed E-state index contributed by atoms with van der Waals surface area (Å²) in [5, 5.41) is 4.48. The molecule has 3 aromatic rings. The zero-order chi connectivity index (χ0) is 26.5. The second-order valence-corrected chi connectivity index (χ2v) is 9.28. The molecule has 6 nitrogen and oxygen atoms in total. The molecule has 0 aliphatic heterocycles. The summed E-state index contributed by atoms with van der Waals surface area (Å²) >= 11 is 12.6. The molecular weight excluding hydrogens is 513 g/mol. The maximum atomic E-state index is 10.8. The fraction of sp³-hybridized carbons (Fsp3) is 0.345. The van der Waals surface area contributed by atoms with E-state index >= 15 is 0 Å². The van der Waals surface area contributed by atoms with Gasteiger partial charge in [-0.25, -0.2) is 0 Å². The molecule has 0 atom stereocenters. The lowest BCUT2D eigenvalue weighted by Gasteiger charge is -2.12. The molecule has 37 heavy (non-hydrogen) atoms.